The highest BCUT2D eigenvalue weighted by Crippen LogP contribution is 2.18. The number of para-hydroxylation sites is 1. The van der Waals surface area contributed by atoms with Crippen LogP contribution in [0.4, 0.5) is 14.5 Å². The Hall–Kier alpha value is -3.23. The van der Waals surface area contributed by atoms with E-state index in [0.29, 0.717) is 0 Å². The van der Waals surface area contributed by atoms with Gasteiger partial charge in [0.2, 0.25) is 0 Å². The van der Waals surface area contributed by atoms with Crippen LogP contribution in [0.25, 0.3) is 0 Å². The fraction of sp³-hybridized carbons (Fsp3) is 0.235. The maximum absolute atomic E-state index is 13.6. The van der Waals surface area contributed by atoms with Crippen LogP contribution in [0.5, 0.6) is 0 Å². The molecular formula is C17H15F2N3O4. The normalized spacial score (nSPS) is 14.2. The standard InChI is InChI=1S/C17H15F2N3O4/c18-11-3-1-4-12(19)14(11)20-15(23)17(25)22-8-6-21(7-9-22)16(24)13-5-2-10-26-13/h1-5,10H,6-9H2,(H,20,23). The van der Waals surface area contributed by atoms with Gasteiger partial charge in [0.25, 0.3) is 5.91 Å². The number of carbonyl (C=O) groups excluding carboxylic acids is 3. The van der Waals surface area contributed by atoms with Crippen molar-refractivity contribution in [2.45, 2.75) is 0 Å². The molecular weight excluding hydrogens is 348 g/mol. The Morgan fingerprint density at radius 2 is 1.54 bits per heavy atom. The maximum atomic E-state index is 13.6. The molecule has 1 aromatic heterocycles. The summed E-state index contributed by atoms with van der Waals surface area (Å²) in [5.74, 6) is -4.12. The number of halogens is 2. The molecule has 2 aromatic rings. The van der Waals surface area contributed by atoms with Crippen LogP contribution in [-0.2, 0) is 9.59 Å². The Labute approximate surface area is 147 Å². The lowest BCUT2D eigenvalue weighted by Gasteiger charge is -2.33. The van der Waals surface area contributed by atoms with Gasteiger partial charge in [-0.05, 0) is 24.3 Å². The number of rotatable bonds is 2. The number of carbonyl (C=O) groups is 3. The molecule has 7 nitrogen and oxygen atoms in total. The number of furan rings is 1. The average molecular weight is 363 g/mol. The summed E-state index contributed by atoms with van der Waals surface area (Å²) >= 11 is 0. The number of hydrogen-bond donors (Lipinski definition) is 1. The Bertz CT molecular complexity index is 810. The summed E-state index contributed by atoms with van der Waals surface area (Å²) < 4.78 is 32.2. The lowest BCUT2D eigenvalue weighted by molar-refractivity contribution is -0.144. The first-order valence-electron chi connectivity index (χ1n) is 7.84. The number of nitrogens with one attached hydrogen (secondary N) is 1. The third kappa shape index (κ3) is 3.56. The van der Waals surface area contributed by atoms with Crippen molar-refractivity contribution in [2.75, 3.05) is 31.5 Å². The molecule has 3 rings (SSSR count). The van der Waals surface area contributed by atoms with Crippen LogP contribution >= 0.6 is 0 Å². The first-order chi connectivity index (χ1) is 12.5. The predicted octanol–water partition coefficient (Wildman–Crippen LogP) is 1.48. The number of piperazine rings is 1. The molecule has 1 fully saturated rings. The van der Waals surface area contributed by atoms with Crippen LogP contribution in [0.1, 0.15) is 10.6 Å². The third-order valence-electron chi connectivity index (χ3n) is 3.98. The topological polar surface area (TPSA) is 82.9 Å². The van der Waals surface area contributed by atoms with E-state index in [1.54, 1.807) is 6.07 Å². The van der Waals surface area contributed by atoms with Gasteiger partial charge in [0.05, 0.1) is 6.26 Å². The molecule has 1 aliphatic heterocycles. The van der Waals surface area contributed by atoms with Gasteiger partial charge in [0.1, 0.15) is 17.3 Å². The largest absolute Gasteiger partial charge is 0.459 e. The summed E-state index contributed by atoms with van der Waals surface area (Å²) in [5, 5.41) is 1.96. The molecule has 0 aliphatic carbocycles. The molecule has 0 spiro atoms. The number of benzene rings is 1. The van der Waals surface area contributed by atoms with Gasteiger partial charge >= 0.3 is 11.8 Å². The van der Waals surface area contributed by atoms with Crippen molar-refractivity contribution in [1.82, 2.24) is 9.80 Å². The van der Waals surface area contributed by atoms with Crippen molar-refractivity contribution in [3.05, 3.63) is 54.0 Å². The second-order valence-electron chi connectivity index (χ2n) is 5.61. The summed E-state index contributed by atoms with van der Waals surface area (Å²) in [6, 6.07) is 6.23. The SMILES string of the molecule is O=C(Nc1c(F)cccc1F)C(=O)N1CCN(C(=O)c2ccco2)CC1. The average Bonchev–Trinajstić information content (AvgIpc) is 3.18. The molecule has 0 bridgehead atoms. The summed E-state index contributed by atoms with van der Waals surface area (Å²) in [6.07, 6.45) is 1.39. The van der Waals surface area contributed by atoms with Gasteiger partial charge in [-0.3, -0.25) is 14.4 Å². The molecule has 0 atom stereocenters. The van der Waals surface area contributed by atoms with Gasteiger partial charge in [0, 0.05) is 26.2 Å². The van der Waals surface area contributed by atoms with Gasteiger partial charge in [-0.25, -0.2) is 8.78 Å². The van der Waals surface area contributed by atoms with Gasteiger partial charge in [-0.1, -0.05) is 6.07 Å². The molecule has 0 saturated carbocycles. The summed E-state index contributed by atoms with van der Waals surface area (Å²) in [5.41, 5.74) is -0.669. The van der Waals surface area contributed by atoms with E-state index in [1.807, 2.05) is 5.32 Å². The van der Waals surface area contributed by atoms with E-state index in [1.165, 1.54) is 22.1 Å². The number of nitrogens with zero attached hydrogens (tertiary/aromatic N) is 2. The zero-order valence-corrected chi connectivity index (χ0v) is 13.6. The predicted molar refractivity (Wildman–Crippen MR) is 86.2 cm³/mol. The van der Waals surface area contributed by atoms with Gasteiger partial charge < -0.3 is 19.5 Å². The Morgan fingerprint density at radius 1 is 0.923 bits per heavy atom. The van der Waals surface area contributed by atoms with Crippen LogP contribution < -0.4 is 5.32 Å². The molecule has 0 unspecified atom stereocenters. The van der Waals surface area contributed by atoms with E-state index in [2.05, 4.69) is 0 Å². The van der Waals surface area contributed by atoms with E-state index < -0.39 is 29.1 Å². The fourth-order valence-electron chi connectivity index (χ4n) is 2.60. The Morgan fingerprint density at radius 3 is 2.12 bits per heavy atom. The van der Waals surface area contributed by atoms with E-state index >= 15 is 0 Å². The van der Waals surface area contributed by atoms with Crippen molar-refractivity contribution in [1.29, 1.82) is 0 Å². The molecule has 0 radical (unpaired) electrons. The summed E-state index contributed by atoms with van der Waals surface area (Å²) in [7, 11) is 0. The van der Waals surface area contributed by atoms with E-state index in [0.717, 1.165) is 18.2 Å². The lowest BCUT2D eigenvalue weighted by Crippen LogP contribution is -2.53. The Kier molecular flexibility index (Phi) is 4.97. The minimum Gasteiger partial charge on any atom is -0.459 e. The van der Waals surface area contributed by atoms with Crippen molar-refractivity contribution in [3.63, 3.8) is 0 Å². The number of anilines is 1. The molecule has 26 heavy (non-hydrogen) atoms. The molecule has 3 amide bonds. The molecule has 1 N–H and O–H groups in total. The highest BCUT2D eigenvalue weighted by atomic mass is 19.1. The van der Waals surface area contributed by atoms with Crippen molar-refractivity contribution < 1.29 is 27.6 Å². The number of hydrogen-bond acceptors (Lipinski definition) is 4. The van der Waals surface area contributed by atoms with E-state index in [4.69, 9.17) is 4.42 Å². The first-order valence-corrected chi connectivity index (χ1v) is 7.84. The summed E-state index contributed by atoms with van der Waals surface area (Å²) in [4.78, 5) is 39.0. The highest BCUT2D eigenvalue weighted by molar-refractivity contribution is 6.39. The quantitative estimate of drug-likeness (QED) is 0.820. The molecule has 1 aliphatic rings. The monoisotopic (exact) mass is 363 g/mol. The lowest BCUT2D eigenvalue weighted by atomic mass is 10.2. The Balaban J connectivity index is 1.58. The second kappa shape index (κ2) is 7.34. The van der Waals surface area contributed by atoms with Crippen LogP contribution in [0.15, 0.2) is 41.0 Å². The van der Waals surface area contributed by atoms with Crippen molar-refractivity contribution >= 4 is 23.4 Å². The minimum absolute atomic E-state index is 0.123. The molecule has 1 saturated heterocycles. The van der Waals surface area contributed by atoms with E-state index in [9.17, 15) is 23.2 Å². The van der Waals surface area contributed by atoms with Crippen LogP contribution in [0.3, 0.4) is 0 Å². The van der Waals surface area contributed by atoms with Gasteiger partial charge in [-0.2, -0.15) is 0 Å². The van der Waals surface area contributed by atoms with Crippen molar-refractivity contribution in [3.8, 4) is 0 Å². The first kappa shape index (κ1) is 17.6. The minimum atomic E-state index is -1.14. The van der Waals surface area contributed by atoms with Crippen LogP contribution in [-0.4, -0.2) is 53.7 Å². The zero-order chi connectivity index (χ0) is 18.7. The third-order valence-corrected chi connectivity index (χ3v) is 3.98. The van der Waals surface area contributed by atoms with Crippen molar-refractivity contribution in [2.24, 2.45) is 0 Å². The maximum Gasteiger partial charge on any atom is 0.314 e. The number of amides is 3. The smallest absolute Gasteiger partial charge is 0.314 e. The molecule has 9 heteroatoms. The molecule has 2 heterocycles. The van der Waals surface area contributed by atoms with E-state index in [-0.39, 0.29) is 37.8 Å². The fourth-order valence-corrected chi connectivity index (χ4v) is 2.60. The van der Waals surface area contributed by atoms with Gasteiger partial charge in [0.15, 0.2) is 5.76 Å². The summed E-state index contributed by atoms with van der Waals surface area (Å²) in [6.45, 7) is 0.677. The molecule has 1 aromatic carbocycles. The van der Waals surface area contributed by atoms with Gasteiger partial charge in [-0.15, -0.1) is 0 Å². The molecule has 136 valence electrons. The van der Waals surface area contributed by atoms with Crippen LogP contribution in [0, 0.1) is 11.6 Å². The highest BCUT2D eigenvalue weighted by Gasteiger charge is 2.29. The zero-order valence-electron chi connectivity index (χ0n) is 13.6. The van der Waals surface area contributed by atoms with Crippen LogP contribution in [0.2, 0.25) is 0 Å². The second-order valence-corrected chi connectivity index (χ2v) is 5.61.